The van der Waals surface area contributed by atoms with Crippen LogP contribution >= 0.6 is 0 Å². The van der Waals surface area contributed by atoms with E-state index in [1.165, 1.54) is 16.4 Å². The fourth-order valence-corrected chi connectivity index (χ4v) is 2.18. The van der Waals surface area contributed by atoms with Gasteiger partial charge in [0.15, 0.2) is 5.82 Å². The normalized spacial score (nSPS) is 19.1. The molecule has 19 heavy (non-hydrogen) atoms. The highest BCUT2D eigenvalue weighted by Gasteiger charge is 2.45. The summed E-state index contributed by atoms with van der Waals surface area (Å²) < 4.78 is 40.1. The van der Waals surface area contributed by atoms with E-state index >= 15 is 0 Å². The Morgan fingerprint density at radius 2 is 2.16 bits per heavy atom. The lowest BCUT2D eigenvalue weighted by Gasteiger charge is -2.26. The summed E-state index contributed by atoms with van der Waals surface area (Å²) in [5, 5.41) is 7.48. The van der Waals surface area contributed by atoms with E-state index in [0.29, 0.717) is 18.8 Å². The van der Waals surface area contributed by atoms with Crippen molar-refractivity contribution in [3.63, 3.8) is 0 Å². The van der Waals surface area contributed by atoms with Crippen molar-refractivity contribution < 1.29 is 18.0 Å². The Morgan fingerprint density at radius 1 is 1.47 bits per heavy atom. The van der Waals surface area contributed by atoms with Gasteiger partial charge in [-0.3, -0.25) is 4.79 Å². The first-order valence-corrected chi connectivity index (χ1v) is 6.01. The lowest BCUT2D eigenvalue weighted by atomic mass is 9.98. The molecule has 1 atom stereocenters. The molecule has 0 spiro atoms. The molecule has 2 heterocycles. The minimum absolute atomic E-state index is 0.0364. The van der Waals surface area contributed by atoms with Crippen molar-refractivity contribution in [1.82, 2.24) is 19.7 Å². The third kappa shape index (κ3) is 2.71. The summed E-state index contributed by atoms with van der Waals surface area (Å²) >= 11 is 0. The molecule has 2 rings (SSSR count). The van der Waals surface area contributed by atoms with Gasteiger partial charge in [-0.1, -0.05) is 0 Å². The maximum Gasteiger partial charge on any atom is 0.398 e. The zero-order valence-corrected chi connectivity index (χ0v) is 10.7. The smallest absolute Gasteiger partial charge is 0.338 e. The average Bonchev–Trinajstić information content (AvgIpc) is 2.71. The molecule has 8 heteroatoms. The minimum atomic E-state index is -4.30. The number of aromatic nitrogens is 3. The Balaban J connectivity index is 2.27. The summed E-state index contributed by atoms with van der Waals surface area (Å²) in [6, 6.07) is 0. The van der Waals surface area contributed by atoms with Gasteiger partial charge in [0.1, 0.15) is 11.7 Å². The van der Waals surface area contributed by atoms with Crippen LogP contribution in [0, 0.1) is 0 Å². The van der Waals surface area contributed by atoms with Gasteiger partial charge < -0.3 is 9.47 Å². The van der Waals surface area contributed by atoms with Gasteiger partial charge in [0.2, 0.25) is 5.91 Å². The monoisotopic (exact) mass is 276 g/mol. The molecule has 0 N–H and O–H groups in total. The van der Waals surface area contributed by atoms with Gasteiger partial charge in [-0.25, -0.2) is 0 Å². The van der Waals surface area contributed by atoms with Crippen LogP contribution in [0.5, 0.6) is 0 Å². The van der Waals surface area contributed by atoms with Crippen LogP contribution in [-0.2, 0) is 17.9 Å². The zero-order valence-electron chi connectivity index (χ0n) is 10.7. The van der Waals surface area contributed by atoms with Crippen LogP contribution in [0.3, 0.4) is 0 Å². The molecule has 1 amide bonds. The van der Waals surface area contributed by atoms with Crippen LogP contribution in [0.25, 0.3) is 0 Å². The van der Waals surface area contributed by atoms with Crippen LogP contribution in [0.1, 0.15) is 37.3 Å². The number of carbonyl (C=O) groups is 1. The molecule has 0 aromatic carbocycles. The first-order valence-electron chi connectivity index (χ1n) is 6.01. The van der Waals surface area contributed by atoms with Crippen molar-refractivity contribution in [1.29, 1.82) is 0 Å². The highest BCUT2D eigenvalue weighted by Crippen LogP contribution is 2.40. The van der Waals surface area contributed by atoms with Crippen molar-refractivity contribution in [3.05, 3.63) is 11.6 Å². The lowest BCUT2D eigenvalue weighted by Crippen LogP contribution is -2.30. The number of hydrogen-bond acceptors (Lipinski definition) is 3. The number of amides is 1. The maximum atomic E-state index is 12.9. The van der Waals surface area contributed by atoms with E-state index in [-0.39, 0.29) is 24.7 Å². The molecule has 0 bridgehead atoms. The van der Waals surface area contributed by atoms with Crippen molar-refractivity contribution in [2.75, 3.05) is 7.05 Å². The van der Waals surface area contributed by atoms with E-state index in [9.17, 15) is 18.0 Å². The molecular weight excluding hydrogens is 261 g/mol. The number of carbonyl (C=O) groups excluding carboxylic acids is 1. The molecule has 106 valence electrons. The van der Waals surface area contributed by atoms with Gasteiger partial charge in [0, 0.05) is 20.5 Å². The van der Waals surface area contributed by atoms with Crippen LogP contribution < -0.4 is 0 Å². The van der Waals surface area contributed by atoms with Crippen LogP contribution in [0.15, 0.2) is 0 Å². The highest BCUT2D eigenvalue weighted by molar-refractivity contribution is 5.72. The second-order valence-corrected chi connectivity index (χ2v) is 4.74. The molecule has 0 radical (unpaired) electrons. The van der Waals surface area contributed by atoms with Crippen molar-refractivity contribution >= 4 is 5.91 Å². The fourth-order valence-electron chi connectivity index (χ4n) is 2.18. The summed E-state index contributed by atoms with van der Waals surface area (Å²) in [5.41, 5.74) is 0. The van der Waals surface area contributed by atoms with Crippen molar-refractivity contribution in [2.24, 2.45) is 0 Å². The van der Waals surface area contributed by atoms with Crippen molar-refractivity contribution in [3.8, 4) is 0 Å². The molecule has 1 aliphatic rings. The Labute approximate surface area is 108 Å². The van der Waals surface area contributed by atoms with E-state index in [4.69, 9.17) is 0 Å². The van der Waals surface area contributed by atoms with E-state index in [1.54, 1.807) is 7.05 Å². The van der Waals surface area contributed by atoms with Gasteiger partial charge in [-0.2, -0.15) is 13.2 Å². The van der Waals surface area contributed by atoms with Crippen LogP contribution in [0.2, 0.25) is 0 Å². The molecule has 1 aliphatic heterocycles. The number of halogens is 3. The third-order valence-corrected chi connectivity index (χ3v) is 3.35. The summed E-state index contributed by atoms with van der Waals surface area (Å²) in [7, 11) is 1.58. The molecule has 0 aliphatic carbocycles. The number of nitrogens with zero attached hydrogens (tertiary/aromatic N) is 4. The van der Waals surface area contributed by atoms with Gasteiger partial charge >= 0.3 is 6.18 Å². The Hall–Kier alpha value is -1.60. The molecule has 0 fully saturated rings. The first-order chi connectivity index (χ1) is 8.80. The average molecular weight is 276 g/mol. The maximum absolute atomic E-state index is 12.9. The molecular formula is C11H15F3N4O. The number of fused-ring (bicyclic) bond motifs is 1. The quantitative estimate of drug-likeness (QED) is 0.826. The predicted octanol–water partition coefficient (Wildman–Crippen LogP) is 1.70. The summed E-state index contributed by atoms with van der Waals surface area (Å²) in [6.07, 6.45) is -3.81. The van der Waals surface area contributed by atoms with Crippen LogP contribution in [0.4, 0.5) is 13.2 Å². The topological polar surface area (TPSA) is 51.0 Å². The molecule has 1 aromatic heterocycles. The lowest BCUT2D eigenvalue weighted by molar-refractivity contribution is -0.156. The second-order valence-electron chi connectivity index (χ2n) is 4.74. The summed E-state index contributed by atoms with van der Waals surface area (Å²) in [4.78, 5) is 12.5. The molecule has 1 unspecified atom stereocenters. The summed E-state index contributed by atoms with van der Waals surface area (Å²) in [5.74, 6) is -1.35. The minimum Gasteiger partial charge on any atom is -0.338 e. The molecule has 0 saturated carbocycles. The largest absolute Gasteiger partial charge is 0.398 e. The van der Waals surface area contributed by atoms with Gasteiger partial charge in [0.05, 0.1) is 6.54 Å². The second kappa shape index (κ2) is 4.82. The number of rotatable bonds is 2. The fraction of sp³-hybridized carbons (Fsp3) is 0.727. The zero-order chi connectivity index (χ0) is 14.2. The molecule has 5 nitrogen and oxygen atoms in total. The number of hydrogen-bond donors (Lipinski definition) is 0. The van der Waals surface area contributed by atoms with Crippen LogP contribution in [-0.4, -0.2) is 38.8 Å². The standard InChI is InChI=1S/C11H15F3N4O/c1-7(19)17(2)6-9-15-16-10-8(11(12,13)14)4-3-5-18(9)10/h8H,3-6H2,1-2H3. The Kier molecular flexibility index (Phi) is 3.51. The van der Waals surface area contributed by atoms with Gasteiger partial charge in [-0.15, -0.1) is 10.2 Å². The Bertz CT molecular complexity index is 483. The van der Waals surface area contributed by atoms with E-state index < -0.39 is 12.1 Å². The van der Waals surface area contributed by atoms with E-state index in [2.05, 4.69) is 10.2 Å². The number of alkyl halides is 3. The van der Waals surface area contributed by atoms with Gasteiger partial charge in [0.25, 0.3) is 0 Å². The highest BCUT2D eigenvalue weighted by atomic mass is 19.4. The van der Waals surface area contributed by atoms with E-state index in [0.717, 1.165) is 0 Å². The van der Waals surface area contributed by atoms with E-state index in [1.807, 2.05) is 0 Å². The third-order valence-electron chi connectivity index (χ3n) is 3.35. The molecule has 1 aromatic rings. The SMILES string of the molecule is CC(=O)N(C)Cc1nnc2n1CCCC2C(F)(F)F. The first kappa shape index (κ1) is 13.8. The molecule has 0 saturated heterocycles. The summed E-state index contributed by atoms with van der Waals surface area (Å²) in [6.45, 7) is 2.04. The predicted molar refractivity (Wildman–Crippen MR) is 60.2 cm³/mol. The Morgan fingerprint density at radius 3 is 2.74 bits per heavy atom. The van der Waals surface area contributed by atoms with Gasteiger partial charge in [-0.05, 0) is 12.8 Å². The van der Waals surface area contributed by atoms with Crippen molar-refractivity contribution in [2.45, 2.75) is 44.9 Å².